The van der Waals surface area contributed by atoms with E-state index in [4.69, 9.17) is 5.11 Å². The summed E-state index contributed by atoms with van der Waals surface area (Å²) in [5.41, 5.74) is 2.12. The van der Waals surface area contributed by atoms with Gasteiger partial charge >= 0.3 is 12.0 Å². The average molecular weight is 275 g/mol. The van der Waals surface area contributed by atoms with Gasteiger partial charge in [0.2, 0.25) is 0 Å². The minimum atomic E-state index is -1.12. The predicted molar refractivity (Wildman–Crippen MR) is 71.8 cm³/mol. The number of urea groups is 1. The molecule has 0 saturated carbocycles. The molecule has 7 nitrogen and oxygen atoms in total. The minimum absolute atomic E-state index is 0.400. The maximum Gasteiger partial charge on any atom is 0.341 e. The summed E-state index contributed by atoms with van der Waals surface area (Å²) in [6.45, 7) is 9.65. The third-order valence-corrected chi connectivity index (χ3v) is 2.82. The zero-order valence-electron chi connectivity index (χ0n) is 12.0. The van der Waals surface area contributed by atoms with Gasteiger partial charge in [-0.2, -0.15) is 0 Å². The molecule has 0 atom stereocenters. The van der Waals surface area contributed by atoms with Crippen LogP contribution in [0, 0.1) is 0 Å². The summed E-state index contributed by atoms with van der Waals surface area (Å²) in [6.07, 6.45) is 0.877. The number of carbonyl (C=O) groups excluding carboxylic acids is 1. The number of aliphatic carboxylic acids is 1. The molecule has 2 amide bonds. The summed E-state index contributed by atoms with van der Waals surface area (Å²) in [7, 11) is 0. The zero-order chi connectivity index (χ0) is 14.7. The lowest BCUT2D eigenvalue weighted by Crippen LogP contribution is -2.41. The summed E-state index contributed by atoms with van der Waals surface area (Å²) in [5.74, 6) is -1.12. The predicted octanol–water partition coefficient (Wildman–Crippen LogP) is 0.766. The highest BCUT2D eigenvalue weighted by Crippen LogP contribution is 1.96. The molecule has 0 spiro atoms. The Kier molecular flexibility index (Phi) is 9.82. The van der Waals surface area contributed by atoms with E-state index in [9.17, 15) is 9.59 Å². The van der Waals surface area contributed by atoms with Crippen molar-refractivity contribution in [1.82, 2.24) is 15.3 Å². The van der Waals surface area contributed by atoms with Gasteiger partial charge in [-0.05, 0) is 33.0 Å². The number of nitrogens with zero attached hydrogens (tertiary/aromatic N) is 2. The third kappa shape index (κ3) is 8.39. The Morgan fingerprint density at radius 3 is 2.21 bits per heavy atom. The van der Waals surface area contributed by atoms with E-state index in [2.05, 4.69) is 29.1 Å². The molecule has 2 N–H and O–H groups in total. The molecule has 0 aliphatic rings. The van der Waals surface area contributed by atoms with E-state index >= 15 is 0 Å². The summed E-state index contributed by atoms with van der Waals surface area (Å²) in [6, 6.07) is -0.400. The van der Waals surface area contributed by atoms with Crippen LogP contribution in [0.3, 0.4) is 0 Å². The molecule has 0 aromatic carbocycles. The van der Waals surface area contributed by atoms with Crippen LogP contribution in [0.25, 0.3) is 0 Å². The molecule has 0 aromatic rings. The van der Waals surface area contributed by atoms with Crippen LogP contribution in [0.15, 0.2) is 0 Å². The van der Waals surface area contributed by atoms with Crippen molar-refractivity contribution in [2.45, 2.75) is 27.2 Å². The van der Waals surface area contributed by atoms with Crippen LogP contribution in [0.1, 0.15) is 27.2 Å². The number of carbonyl (C=O) groups is 2. The fourth-order valence-corrected chi connectivity index (χ4v) is 1.65. The van der Waals surface area contributed by atoms with Crippen molar-refractivity contribution < 1.29 is 19.5 Å². The number of hydroxylamine groups is 1. The zero-order valence-corrected chi connectivity index (χ0v) is 12.0. The SMILES string of the molecule is CCN(CC)CCCN(CC)C(=O)NOCC(=O)O. The summed E-state index contributed by atoms with van der Waals surface area (Å²) in [4.78, 5) is 30.3. The smallest absolute Gasteiger partial charge is 0.341 e. The number of carboxylic acid groups (broad SMARTS) is 1. The lowest BCUT2D eigenvalue weighted by atomic mass is 10.3. The minimum Gasteiger partial charge on any atom is -0.479 e. The Balaban J connectivity index is 3.91. The maximum absolute atomic E-state index is 11.7. The van der Waals surface area contributed by atoms with Gasteiger partial charge in [0.1, 0.15) is 0 Å². The third-order valence-electron chi connectivity index (χ3n) is 2.82. The van der Waals surface area contributed by atoms with Gasteiger partial charge in [-0.1, -0.05) is 13.8 Å². The largest absolute Gasteiger partial charge is 0.479 e. The molecule has 0 radical (unpaired) electrons. The average Bonchev–Trinajstić information content (AvgIpc) is 2.38. The van der Waals surface area contributed by atoms with E-state index < -0.39 is 18.6 Å². The number of amides is 2. The van der Waals surface area contributed by atoms with Crippen LogP contribution in [-0.4, -0.2) is 66.2 Å². The van der Waals surface area contributed by atoms with Gasteiger partial charge in [-0.15, -0.1) is 0 Å². The second kappa shape index (κ2) is 10.6. The fraction of sp³-hybridized carbons (Fsp3) is 0.833. The highest BCUT2D eigenvalue weighted by Gasteiger charge is 2.12. The van der Waals surface area contributed by atoms with Crippen molar-refractivity contribution in [3.8, 4) is 0 Å². The van der Waals surface area contributed by atoms with Crippen molar-refractivity contribution >= 4 is 12.0 Å². The molecule has 0 aliphatic carbocycles. The van der Waals surface area contributed by atoms with E-state index in [0.717, 1.165) is 26.1 Å². The van der Waals surface area contributed by atoms with E-state index in [1.807, 2.05) is 6.92 Å². The Labute approximate surface area is 114 Å². The molecule has 0 unspecified atom stereocenters. The fourth-order valence-electron chi connectivity index (χ4n) is 1.65. The van der Waals surface area contributed by atoms with Gasteiger partial charge in [0.05, 0.1) is 0 Å². The molecule has 0 bridgehead atoms. The normalized spacial score (nSPS) is 10.5. The Morgan fingerprint density at radius 1 is 1.11 bits per heavy atom. The summed E-state index contributed by atoms with van der Waals surface area (Å²) in [5, 5.41) is 8.38. The van der Waals surface area contributed by atoms with Crippen molar-refractivity contribution in [1.29, 1.82) is 0 Å². The van der Waals surface area contributed by atoms with Crippen LogP contribution < -0.4 is 5.48 Å². The first-order valence-corrected chi connectivity index (χ1v) is 6.65. The molecule has 0 aliphatic heterocycles. The van der Waals surface area contributed by atoms with Gasteiger partial charge in [-0.25, -0.2) is 15.1 Å². The van der Waals surface area contributed by atoms with Crippen LogP contribution in [-0.2, 0) is 9.63 Å². The van der Waals surface area contributed by atoms with Gasteiger partial charge < -0.3 is 14.9 Å². The second-order valence-corrected chi connectivity index (χ2v) is 4.05. The van der Waals surface area contributed by atoms with E-state index in [0.29, 0.717) is 13.1 Å². The first-order chi connectivity index (χ1) is 9.04. The Morgan fingerprint density at radius 2 is 1.74 bits per heavy atom. The first-order valence-electron chi connectivity index (χ1n) is 6.65. The lowest BCUT2D eigenvalue weighted by molar-refractivity contribution is -0.144. The quantitative estimate of drug-likeness (QED) is 0.575. The number of carboxylic acids is 1. The molecule has 0 rings (SSSR count). The highest BCUT2D eigenvalue weighted by atomic mass is 16.7. The van der Waals surface area contributed by atoms with Crippen LogP contribution in [0.2, 0.25) is 0 Å². The summed E-state index contributed by atoms with van der Waals surface area (Å²) < 4.78 is 0. The van der Waals surface area contributed by atoms with Gasteiger partial charge in [0.25, 0.3) is 0 Å². The lowest BCUT2D eigenvalue weighted by Gasteiger charge is -2.23. The molecular formula is C12H25N3O4. The molecular weight excluding hydrogens is 250 g/mol. The Hall–Kier alpha value is -1.34. The monoisotopic (exact) mass is 275 g/mol. The number of rotatable bonds is 10. The molecule has 0 heterocycles. The Bertz CT molecular complexity index is 270. The molecule has 0 saturated heterocycles. The van der Waals surface area contributed by atoms with Gasteiger partial charge in [-0.3, -0.25) is 4.84 Å². The number of hydrogen-bond acceptors (Lipinski definition) is 4. The first kappa shape index (κ1) is 17.7. The molecule has 19 heavy (non-hydrogen) atoms. The summed E-state index contributed by atoms with van der Waals surface area (Å²) >= 11 is 0. The molecule has 112 valence electrons. The van der Waals surface area contributed by atoms with E-state index in [1.54, 1.807) is 4.90 Å². The van der Waals surface area contributed by atoms with Gasteiger partial charge in [0.15, 0.2) is 6.61 Å². The molecule has 0 fully saturated rings. The van der Waals surface area contributed by atoms with Crippen molar-refractivity contribution in [3.05, 3.63) is 0 Å². The molecule has 0 aromatic heterocycles. The topological polar surface area (TPSA) is 82.1 Å². The maximum atomic E-state index is 11.7. The van der Waals surface area contributed by atoms with E-state index in [1.165, 1.54) is 0 Å². The van der Waals surface area contributed by atoms with Crippen LogP contribution >= 0.6 is 0 Å². The standard InChI is InChI=1S/C12H25N3O4/c1-4-14(5-2)8-7-9-15(6-3)12(18)13-19-10-11(16)17/h4-10H2,1-3H3,(H,13,18)(H,16,17). The number of hydrogen-bond donors (Lipinski definition) is 2. The van der Waals surface area contributed by atoms with Gasteiger partial charge in [0, 0.05) is 13.1 Å². The number of nitrogens with one attached hydrogen (secondary N) is 1. The van der Waals surface area contributed by atoms with Crippen LogP contribution in [0.4, 0.5) is 4.79 Å². The van der Waals surface area contributed by atoms with Crippen molar-refractivity contribution in [3.63, 3.8) is 0 Å². The van der Waals surface area contributed by atoms with Crippen molar-refractivity contribution in [2.75, 3.05) is 39.3 Å². The van der Waals surface area contributed by atoms with E-state index in [-0.39, 0.29) is 0 Å². The highest BCUT2D eigenvalue weighted by molar-refractivity contribution is 5.73. The molecule has 7 heteroatoms. The second-order valence-electron chi connectivity index (χ2n) is 4.05. The van der Waals surface area contributed by atoms with Crippen molar-refractivity contribution in [2.24, 2.45) is 0 Å². The van der Waals surface area contributed by atoms with Crippen LogP contribution in [0.5, 0.6) is 0 Å².